The van der Waals surface area contributed by atoms with Crippen LogP contribution in [-0.2, 0) is 9.59 Å². The zero-order valence-corrected chi connectivity index (χ0v) is 26.9. The van der Waals surface area contributed by atoms with E-state index in [9.17, 15) is 19.8 Å². The van der Waals surface area contributed by atoms with Crippen LogP contribution in [-0.4, -0.2) is 22.0 Å². The second-order valence-corrected chi connectivity index (χ2v) is 11.0. The molecular weight excluding hydrogens is 627 g/mol. The summed E-state index contributed by atoms with van der Waals surface area (Å²) in [5, 5.41) is 42.2. The van der Waals surface area contributed by atoms with Crippen molar-refractivity contribution in [2.24, 2.45) is 20.5 Å². The molecule has 4 N–H and O–H groups in total. The Bertz CT molecular complexity index is 1790. The van der Waals surface area contributed by atoms with Crippen molar-refractivity contribution in [2.45, 2.75) is 27.7 Å². The van der Waals surface area contributed by atoms with Crippen molar-refractivity contribution in [1.82, 2.24) is 0 Å². The Morgan fingerprint density at radius 1 is 0.609 bits per heavy atom. The zero-order chi connectivity index (χ0) is 33.4. The maximum Gasteiger partial charge on any atom is 0.279 e. The number of aryl methyl sites for hydroxylation is 2. The van der Waals surface area contributed by atoms with E-state index in [-0.39, 0.29) is 44.3 Å². The van der Waals surface area contributed by atoms with Crippen LogP contribution in [0.5, 0.6) is 0 Å². The fourth-order valence-corrected chi connectivity index (χ4v) is 4.53. The van der Waals surface area contributed by atoms with Crippen molar-refractivity contribution in [2.75, 3.05) is 10.6 Å². The smallest absolute Gasteiger partial charge is 0.279 e. The molecule has 0 heterocycles. The Kier molecular flexibility index (Phi) is 11.0. The van der Waals surface area contributed by atoms with Crippen LogP contribution in [0.2, 0.25) is 10.0 Å². The summed E-state index contributed by atoms with van der Waals surface area (Å²) in [4.78, 5) is 25.5. The number of hydrogen-bond donors (Lipinski definition) is 4. The van der Waals surface area contributed by atoms with Crippen molar-refractivity contribution in [3.05, 3.63) is 129 Å². The van der Waals surface area contributed by atoms with Crippen LogP contribution >= 0.6 is 23.2 Å². The van der Waals surface area contributed by atoms with Gasteiger partial charge >= 0.3 is 0 Å². The van der Waals surface area contributed by atoms with Crippen LogP contribution in [0.1, 0.15) is 25.0 Å². The Hall–Kier alpha value is -5.32. The van der Waals surface area contributed by atoms with E-state index in [4.69, 9.17) is 23.2 Å². The van der Waals surface area contributed by atoms with Gasteiger partial charge in [-0.15, -0.1) is 20.5 Å². The number of benzene rings is 4. The number of para-hydroxylation sites is 2. The molecule has 0 saturated carbocycles. The van der Waals surface area contributed by atoms with Gasteiger partial charge in [-0.2, -0.15) is 0 Å². The summed E-state index contributed by atoms with van der Waals surface area (Å²) in [6, 6.07) is 24.4. The molecule has 2 amide bonds. The average Bonchev–Trinajstić information content (AvgIpc) is 3.00. The number of rotatable bonds is 9. The molecule has 4 aromatic carbocycles. The molecule has 46 heavy (non-hydrogen) atoms. The standard InChI is InChI=1S/C34H30Cl2N6O4/c1-19-9-5-7-11-27(19)37-33(45)31(21(3)43)41-39-29-15-13-23(17-25(29)35)24-14-16-30(26(36)18-24)40-42-32(22(4)44)34(46)38-28-12-8-6-10-20(28)2/h5-18,43-44H,1-4H3,(H,37,45)(H,38,46)/b31-21-,32-22-,41-39?,42-40?. The average molecular weight is 658 g/mol. The maximum absolute atomic E-state index is 12.8. The third-order valence-electron chi connectivity index (χ3n) is 6.65. The minimum atomic E-state index is -0.624. The van der Waals surface area contributed by atoms with Gasteiger partial charge in [0.25, 0.3) is 11.8 Å². The molecule has 10 nitrogen and oxygen atoms in total. The Labute approximate surface area is 275 Å². The van der Waals surface area contributed by atoms with Crippen LogP contribution in [0.4, 0.5) is 22.7 Å². The second-order valence-electron chi connectivity index (χ2n) is 10.1. The molecule has 0 atom stereocenters. The summed E-state index contributed by atoms with van der Waals surface area (Å²) in [6.45, 7) is 6.37. The highest BCUT2D eigenvalue weighted by Crippen LogP contribution is 2.35. The van der Waals surface area contributed by atoms with Crippen molar-refractivity contribution >= 4 is 57.8 Å². The molecule has 12 heteroatoms. The molecule has 0 aliphatic heterocycles. The fraction of sp³-hybridized carbons (Fsp3) is 0.118. The minimum absolute atomic E-state index is 0.239. The lowest BCUT2D eigenvalue weighted by atomic mass is 10.1. The van der Waals surface area contributed by atoms with E-state index < -0.39 is 11.8 Å². The number of nitrogens with zero attached hydrogens (tertiary/aromatic N) is 4. The fourth-order valence-electron chi connectivity index (χ4n) is 4.10. The second kappa shape index (κ2) is 15.1. The van der Waals surface area contributed by atoms with Gasteiger partial charge in [-0.25, -0.2) is 0 Å². The summed E-state index contributed by atoms with van der Waals surface area (Å²) in [7, 11) is 0. The Morgan fingerprint density at radius 3 is 1.30 bits per heavy atom. The molecule has 0 fully saturated rings. The number of nitrogens with one attached hydrogen (secondary N) is 2. The van der Waals surface area contributed by atoms with Crippen molar-refractivity contribution in [3.63, 3.8) is 0 Å². The number of amides is 2. The summed E-state index contributed by atoms with van der Waals surface area (Å²) in [5.41, 5.74) is 4.28. The van der Waals surface area contributed by atoms with Gasteiger partial charge in [0.1, 0.15) is 22.9 Å². The van der Waals surface area contributed by atoms with Gasteiger partial charge in [0.05, 0.1) is 10.0 Å². The molecule has 0 spiro atoms. The Balaban J connectivity index is 1.49. The highest BCUT2D eigenvalue weighted by atomic mass is 35.5. The van der Waals surface area contributed by atoms with Gasteiger partial charge in [0, 0.05) is 11.4 Å². The predicted molar refractivity (Wildman–Crippen MR) is 181 cm³/mol. The van der Waals surface area contributed by atoms with E-state index in [2.05, 4.69) is 31.1 Å². The van der Waals surface area contributed by atoms with Crippen LogP contribution < -0.4 is 10.6 Å². The van der Waals surface area contributed by atoms with Crippen LogP contribution in [0.15, 0.2) is 128 Å². The lowest BCUT2D eigenvalue weighted by Crippen LogP contribution is -2.15. The van der Waals surface area contributed by atoms with Gasteiger partial charge < -0.3 is 20.8 Å². The lowest BCUT2D eigenvalue weighted by Gasteiger charge is -2.09. The molecule has 0 aliphatic carbocycles. The number of aliphatic hydroxyl groups is 2. The molecular formula is C34H30Cl2N6O4. The van der Waals surface area contributed by atoms with Gasteiger partial charge in [-0.3, -0.25) is 9.59 Å². The molecule has 0 aromatic heterocycles. The summed E-state index contributed by atoms with van der Waals surface area (Å²) in [6.07, 6.45) is 0. The molecule has 0 aliphatic rings. The third-order valence-corrected chi connectivity index (χ3v) is 7.25. The number of anilines is 2. The van der Waals surface area contributed by atoms with Crippen LogP contribution in [0.3, 0.4) is 0 Å². The molecule has 0 saturated heterocycles. The number of azo groups is 2. The van der Waals surface area contributed by atoms with E-state index in [1.54, 1.807) is 60.7 Å². The van der Waals surface area contributed by atoms with Gasteiger partial charge in [-0.1, -0.05) is 71.7 Å². The number of hydrogen-bond acceptors (Lipinski definition) is 8. The molecule has 4 aromatic rings. The number of carbonyl (C=O) groups excluding carboxylic acids is 2. The summed E-state index contributed by atoms with van der Waals surface area (Å²) < 4.78 is 0. The van der Waals surface area contributed by atoms with E-state index in [1.165, 1.54) is 13.8 Å². The highest BCUT2D eigenvalue weighted by Gasteiger charge is 2.16. The largest absolute Gasteiger partial charge is 0.510 e. The first-order valence-electron chi connectivity index (χ1n) is 13.9. The topological polar surface area (TPSA) is 148 Å². The van der Waals surface area contributed by atoms with Crippen LogP contribution in [0, 0.1) is 13.8 Å². The first-order chi connectivity index (χ1) is 21.9. The van der Waals surface area contributed by atoms with Gasteiger partial charge in [-0.05, 0) is 86.3 Å². The molecule has 0 bridgehead atoms. The van der Waals surface area contributed by atoms with E-state index >= 15 is 0 Å². The summed E-state index contributed by atoms with van der Waals surface area (Å²) in [5.74, 6) is -1.86. The van der Waals surface area contributed by atoms with E-state index in [0.29, 0.717) is 22.5 Å². The number of allylic oxidation sites excluding steroid dienone is 2. The first kappa shape index (κ1) is 33.6. The van der Waals surface area contributed by atoms with E-state index in [0.717, 1.165) is 11.1 Å². The molecule has 0 unspecified atom stereocenters. The van der Waals surface area contributed by atoms with Crippen LogP contribution in [0.25, 0.3) is 11.1 Å². The zero-order valence-electron chi connectivity index (χ0n) is 25.3. The number of halogens is 2. The monoisotopic (exact) mass is 656 g/mol. The normalized spacial score (nSPS) is 12.6. The molecule has 4 rings (SSSR count). The molecule has 0 radical (unpaired) electrons. The Morgan fingerprint density at radius 2 is 0.978 bits per heavy atom. The first-order valence-corrected chi connectivity index (χ1v) is 14.7. The third kappa shape index (κ3) is 8.44. The predicted octanol–water partition coefficient (Wildman–Crippen LogP) is 10.3. The lowest BCUT2D eigenvalue weighted by molar-refractivity contribution is -0.113. The highest BCUT2D eigenvalue weighted by molar-refractivity contribution is 6.34. The quantitative estimate of drug-likeness (QED) is 0.0805. The molecule has 234 valence electrons. The SMILES string of the molecule is C/C(O)=C(/N=Nc1ccc(-c2ccc(N=N/C(C(=O)Nc3ccccc3C)=C(/C)O)c(Cl)c2)cc1Cl)C(=O)Nc1ccccc1C. The van der Waals surface area contributed by atoms with Gasteiger partial charge in [0.15, 0.2) is 11.4 Å². The maximum atomic E-state index is 12.8. The van der Waals surface area contributed by atoms with Crippen molar-refractivity contribution in [1.29, 1.82) is 0 Å². The number of aliphatic hydroxyl groups excluding tert-OH is 2. The summed E-state index contributed by atoms with van der Waals surface area (Å²) >= 11 is 13.0. The number of carbonyl (C=O) groups is 2. The van der Waals surface area contributed by atoms with E-state index in [1.807, 2.05) is 38.1 Å². The van der Waals surface area contributed by atoms with Crippen molar-refractivity contribution < 1.29 is 19.8 Å². The minimum Gasteiger partial charge on any atom is -0.510 e. The van der Waals surface area contributed by atoms with Crippen molar-refractivity contribution in [3.8, 4) is 11.1 Å². The van der Waals surface area contributed by atoms with Gasteiger partial charge in [0.2, 0.25) is 0 Å².